The molecule has 2 heterocycles. The second-order valence-electron chi connectivity index (χ2n) is 3.79. The summed E-state index contributed by atoms with van der Waals surface area (Å²) >= 11 is 0. The van der Waals surface area contributed by atoms with Crippen LogP contribution in [0, 0.1) is 0 Å². The molecule has 0 atom stereocenters. The predicted molar refractivity (Wildman–Crippen MR) is 60.6 cm³/mol. The smallest absolute Gasteiger partial charge is 0.290 e. The van der Waals surface area contributed by atoms with Crippen molar-refractivity contribution in [3.05, 3.63) is 22.7 Å². The van der Waals surface area contributed by atoms with E-state index in [0.717, 1.165) is 26.2 Å². The average Bonchev–Trinajstić information content (AvgIpc) is 2.31. The Morgan fingerprint density at radius 3 is 2.75 bits per heavy atom. The number of rotatable bonds is 3. The summed E-state index contributed by atoms with van der Waals surface area (Å²) in [5.41, 5.74) is -0.141. The van der Waals surface area contributed by atoms with Crippen LogP contribution in [-0.2, 0) is 0 Å². The molecule has 1 fully saturated rings. The van der Waals surface area contributed by atoms with E-state index in [1.54, 1.807) is 6.20 Å². The van der Waals surface area contributed by atoms with Crippen molar-refractivity contribution in [2.45, 2.75) is 0 Å². The Balaban J connectivity index is 1.99. The lowest BCUT2D eigenvalue weighted by Gasteiger charge is -2.34. The van der Waals surface area contributed by atoms with Gasteiger partial charge < -0.3 is 15.0 Å². The maximum absolute atomic E-state index is 11.5. The number of anilines is 1. The number of aromatic amines is 1. The number of aliphatic hydroxyl groups excluding tert-OH is 1. The van der Waals surface area contributed by atoms with Crippen molar-refractivity contribution in [1.29, 1.82) is 0 Å². The van der Waals surface area contributed by atoms with Gasteiger partial charge in [0.2, 0.25) is 0 Å². The summed E-state index contributed by atoms with van der Waals surface area (Å²) in [6.07, 6.45) is 3.13. The van der Waals surface area contributed by atoms with Gasteiger partial charge in [-0.3, -0.25) is 9.69 Å². The summed E-state index contributed by atoms with van der Waals surface area (Å²) in [6, 6.07) is 0. The van der Waals surface area contributed by atoms with Crippen LogP contribution in [0.3, 0.4) is 0 Å². The van der Waals surface area contributed by atoms with E-state index in [2.05, 4.69) is 14.9 Å². The zero-order chi connectivity index (χ0) is 11.4. The molecule has 6 heteroatoms. The molecule has 0 aliphatic carbocycles. The number of piperazine rings is 1. The molecule has 0 aromatic carbocycles. The average molecular weight is 224 g/mol. The lowest BCUT2D eigenvalue weighted by atomic mass is 10.3. The van der Waals surface area contributed by atoms with E-state index in [1.807, 2.05) is 4.90 Å². The topological polar surface area (TPSA) is 72.5 Å². The van der Waals surface area contributed by atoms with Crippen molar-refractivity contribution in [1.82, 2.24) is 14.9 Å². The quantitative estimate of drug-likeness (QED) is 0.681. The van der Waals surface area contributed by atoms with Gasteiger partial charge in [-0.05, 0) is 0 Å². The van der Waals surface area contributed by atoms with Gasteiger partial charge in [-0.2, -0.15) is 0 Å². The molecule has 1 aliphatic rings. The molecule has 0 unspecified atom stereocenters. The van der Waals surface area contributed by atoms with Gasteiger partial charge in [0.25, 0.3) is 5.56 Å². The molecule has 1 aliphatic heterocycles. The Labute approximate surface area is 93.5 Å². The molecule has 2 N–H and O–H groups in total. The standard InChI is InChI=1S/C10H16N4O2/c15-8-7-13-3-5-14(6-4-13)9-10(16)12-2-1-11-9/h1-2,15H,3-8H2,(H,12,16). The van der Waals surface area contributed by atoms with Crippen LogP contribution in [0.1, 0.15) is 0 Å². The minimum absolute atomic E-state index is 0.141. The van der Waals surface area contributed by atoms with Crippen LogP contribution in [0.25, 0.3) is 0 Å². The van der Waals surface area contributed by atoms with Crippen molar-refractivity contribution in [3.8, 4) is 0 Å². The normalized spacial score (nSPS) is 17.7. The van der Waals surface area contributed by atoms with Crippen molar-refractivity contribution < 1.29 is 5.11 Å². The first-order valence-corrected chi connectivity index (χ1v) is 5.43. The molecule has 1 aromatic rings. The molecule has 1 aromatic heterocycles. The fraction of sp³-hybridized carbons (Fsp3) is 0.600. The monoisotopic (exact) mass is 224 g/mol. The van der Waals surface area contributed by atoms with Crippen LogP contribution in [0.2, 0.25) is 0 Å². The van der Waals surface area contributed by atoms with E-state index in [-0.39, 0.29) is 12.2 Å². The first kappa shape index (κ1) is 11.1. The van der Waals surface area contributed by atoms with Crippen molar-refractivity contribution in [2.24, 2.45) is 0 Å². The predicted octanol–water partition coefficient (Wildman–Crippen LogP) is -1.12. The summed E-state index contributed by atoms with van der Waals surface area (Å²) < 4.78 is 0. The molecule has 16 heavy (non-hydrogen) atoms. The van der Waals surface area contributed by atoms with Gasteiger partial charge in [0, 0.05) is 45.1 Å². The van der Waals surface area contributed by atoms with Crippen molar-refractivity contribution in [2.75, 3.05) is 44.2 Å². The summed E-state index contributed by atoms with van der Waals surface area (Å²) in [7, 11) is 0. The summed E-state index contributed by atoms with van der Waals surface area (Å²) in [5.74, 6) is 0.492. The first-order chi connectivity index (χ1) is 7.81. The third-order valence-corrected chi connectivity index (χ3v) is 2.78. The summed E-state index contributed by atoms with van der Waals surface area (Å²) in [4.78, 5) is 22.4. The number of β-amino-alcohol motifs (C(OH)–C–C–N with tert-alkyl or cyclic N) is 1. The molecular weight excluding hydrogens is 208 g/mol. The van der Waals surface area contributed by atoms with Crippen LogP contribution in [0.15, 0.2) is 17.2 Å². The number of hydrogen-bond acceptors (Lipinski definition) is 5. The van der Waals surface area contributed by atoms with Crippen LogP contribution in [0.5, 0.6) is 0 Å². The number of nitrogens with zero attached hydrogens (tertiary/aromatic N) is 3. The maximum Gasteiger partial charge on any atom is 0.290 e. The highest BCUT2D eigenvalue weighted by Gasteiger charge is 2.19. The Bertz CT molecular complexity index is 384. The molecule has 0 saturated carbocycles. The Morgan fingerprint density at radius 1 is 1.38 bits per heavy atom. The summed E-state index contributed by atoms with van der Waals surface area (Å²) in [6.45, 7) is 4.16. The highest BCUT2D eigenvalue weighted by Crippen LogP contribution is 2.07. The largest absolute Gasteiger partial charge is 0.395 e. The molecule has 88 valence electrons. The third-order valence-electron chi connectivity index (χ3n) is 2.78. The van der Waals surface area contributed by atoms with Gasteiger partial charge >= 0.3 is 0 Å². The number of H-pyrrole nitrogens is 1. The molecule has 1 saturated heterocycles. The van der Waals surface area contributed by atoms with Crippen molar-refractivity contribution in [3.63, 3.8) is 0 Å². The molecule has 6 nitrogen and oxygen atoms in total. The molecule has 0 radical (unpaired) electrons. The van der Waals surface area contributed by atoms with E-state index < -0.39 is 0 Å². The van der Waals surface area contributed by atoms with Gasteiger partial charge in [0.15, 0.2) is 5.82 Å². The van der Waals surface area contributed by atoms with E-state index in [1.165, 1.54) is 6.20 Å². The minimum Gasteiger partial charge on any atom is -0.395 e. The van der Waals surface area contributed by atoms with Crippen LogP contribution >= 0.6 is 0 Å². The number of aromatic nitrogens is 2. The lowest BCUT2D eigenvalue weighted by Crippen LogP contribution is -2.48. The van der Waals surface area contributed by atoms with Gasteiger partial charge in [-0.1, -0.05) is 0 Å². The molecule has 0 spiro atoms. The zero-order valence-electron chi connectivity index (χ0n) is 9.09. The van der Waals surface area contributed by atoms with E-state index >= 15 is 0 Å². The Hall–Kier alpha value is -1.40. The Morgan fingerprint density at radius 2 is 2.12 bits per heavy atom. The van der Waals surface area contributed by atoms with Gasteiger partial charge in [0.05, 0.1) is 6.61 Å². The SMILES string of the molecule is O=c1[nH]ccnc1N1CCN(CCO)CC1. The highest BCUT2D eigenvalue weighted by molar-refractivity contribution is 5.35. The molecular formula is C10H16N4O2. The highest BCUT2D eigenvalue weighted by atomic mass is 16.3. The van der Waals surface area contributed by atoms with Gasteiger partial charge in [-0.25, -0.2) is 4.98 Å². The maximum atomic E-state index is 11.5. The van der Waals surface area contributed by atoms with Crippen molar-refractivity contribution >= 4 is 5.82 Å². The van der Waals surface area contributed by atoms with Gasteiger partial charge in [-0.15, -0.1) is 0 Å². The summed E-state index contributed by atoms with van der Waals surface area (Å²) in [5, 5.41) is 8.82. The Kier molecular flexibility index (Phi) is 3.53. The first-order valence-electron chi connectivity index (χ1n) is 5.43. The van der Waals surface area contributed by atoms with E-state index in [0.29, 0.717) is 12.4 Å². The van der Waals surface area contributed by atoms with Gasteiger partial charge in [0.1, 0.15) is 0 Å². The molecule has 0 amide bonds. The second-order valence-corrected chi connectivity index (χ2v) is 3.79. The van der Waals surface area contributed by atoms with Crippen LogP contribution < -0.4 is 10.5 Å². The number of hydrogen-bond donors (Lipinski definition) is 2. The number of nitrogens with one attached hydrogen (secondary N) is 1. The third kappa shape index (κ3) is 2.40. The second kappa shape index (κ2) is 5.09. The lowest BCUT2D eigenvalue weighted by molar-refractivity contribution is 0.188. The molecule has 0 bridgehead atoms. The minimum atomic E-state index is -0.141. The van der Waals surface area contributed by atoms with E-state index in [4.69, 9.17) is 5.11 Å². The molecule has 2 rings (SSSR count). The number of aliphatic hydroxyl groups is 1. The van der Waals surface area contributed by atoms with E-state index in [9.17, 15) is 4.79 Å². The van der Waals surface area contributed by atoms with Crippen LogP contribution in [-0.4, -0.2) is 59.3 Å². The fourth-order valence-electron chi connectivity index (χ4n) is 1.89. The zero-order valence-corrected chi connectivity index (χ0v) is 9.09. The fourth-order valence-corrected chi connectivity index (χ4v) is 1.89. The van der Waals surface area contributed by atoms with Crippen LogP contribution in [0.4, 0.5) is 5.82 Å².